The molecular weight excluding hydrogens is 408 g/mol. The van der Waals surface area contributed by atoms with Crippen LogP contribution in [0.5, 0.6) is 5.75 Å². The summed E-state index contributed by atoms with van der Waals surface area (Å²) in [6.45, 7) is 0.285. The molecule has 0 saturated carbocycles. The molecule has 0 radical (unpaired) electrons. The summed E-state index contributed by atoms with van der Waals surface area (Å²) in [5.74, 6) is 0.499. The average molecular weight is 428 g/mol. The summed E-state index contributed by atoms with van der Waals surface area (Å²) in [7, 11) is 0. The molecule has 3 aromatic heterocycles. The van der Waals surface area contributed by atoms with E-state index in [-0.39, 0.29) is 18.3 Å². The first-order valence-electron chi connectivity index (χ1n) is 10.1. The first kappa shape index (κ1) is 19.7. The topological polar surface area (TPSA) is 136 Å². The van der Waals surface area contributed by atoms with Crippen LogP contribution in [0.1, 0.15) is 5.56 Å². The van der Waals surface area contributed by atoms with E-state index in [1.165, 1.54) is 6.07 Å². The van der Waals surface area contributed by atoms with Crippen LogP contribution in [0.15, 0.2) is 67.3 Å². The van der Waals surface area contributed by atoms with Crippen LogP contribution < -0.4 is 10.5 Å². The Morgan fingerprint density at radius 1 is 1.12 bits per heavy atom. The maximum Gasteiger partial charge on any atom is 0.279 e. The lowest BCUT2D eigenvalue weighted by Crippen LogP contribution is -2.30. The third-order valence-electron chi connectivity index (χ3n) is 5.40. The second-order valence-electron chi connectivity index (χ2n) is 7.63. The minimum Gasteiger partial charge on any atom is -0.490 e. The molecule has 0 spiro atoms. The number of aromatic amines is 2. The standard InChI is InChI=1S/C23H20N6O3/c24-17(5-14-10-26-21-4-2-1-3-19(14)21)13-32-18-6-15(9-25-12-18)20-7-16-11-27-28-22(16)8-23(20)29(30)31/h1-4,6-12,17,26H,5,13,24H2,(H,27,28)/t17-/m0/s1. The Bertz CT molecular complexity index is 1420. The third-order valence-corrected chi connectivity index (χ3v) is 5.40. The zero-order valence-corrected chi connectivity index (χ0v) is 17.0. The Morgan fingerprint density at radius 3 is 2.88 bits per heavy atom. The molecule has 1 atom stereocenters. The van der Waals surface area contributed by atoms with E-state index < -0.39 is 4.92 Å². The molecule has 0 amide bonds. The highest BCUT2D eigenvalue weighted by Crippen LogP contribution is 2.34. The Balaban J connectivity index is 1.34. The van der Waals surface area contributed by atoms with Crippen molar-refractivity contribution in [3.63, 3.8) is 0 Å². The van der Waals surface area contributed by atoms with Gasteiger partial charge >= 0.3 is 0 Å². The van der Waals surface area contributed by atoms with Gasteiger partial charge in [0.25, 0.3) is 5.69 Å². The predicted molar refractivity (Wildman–Crippen MR) is 121 cm³/mol. The number of aromatic nitrogens is 4. The van der Waals surface area contributed by atoms with Crippen LogP contribution in [-0.4, -0.2) is 37.7 Å². The third kappa shape index (κ3) is 3.77. The number of rotatable bonds is 7. The minimum atomic E-state index is -0.416. The second-order valence-corrected chi connectivity index (χ2v) is 7.63. The maximum atomic E-state index is 11.6. The fourth-order valence-electron chi connectivity index (χ4n) is 3.85. The van der Waals surface area contributed by atoms with E-state index in [2.05, 4.69) is 26.2 Å². The van der Waals surface area contributed by atoms with E-state index in [1.54, 1.807) is 30.7 Å². The number of nitro groups is 1. The van der Waals surface area contributed by atoms with Crippen LogP contribution in [0.25, 0.3) is 32.9 Å². The van der Waals surface area contributed by atoms with Gasteiger partial charge in [-0.2, -0.15) is 5.10 Å². The number of hydrogen-bond donors (Lipinski definition) is 3. The first-order valence-corrected chi connectivity index (χ1v) is 10.1. The van der Waals surface area contributed by atoms with Crippen LogP contribution in [0.2, 0.25) is 0 Å². The normalized spacial score (nSPS) is 12.3. The summed E-state index contributed by atoms with van der Waals surface area (Å²) >= 11 is 0. The highest BCUT2D eigenvalue weighted by Gasteiger charge is 2.18. The van der Waals surface area contributed by atoms with Gasteiger partial charge in [0.15, 0.2) is 0 Å². The maximum absolute atomic E-state index is 11.6. The molecule has 9 heteroatoms. The van der Waals surface area contributed by atoms with E-state index in [1.807, 2.05) is 24.4 Å². The number of nitrogens with zero attached hydrogens (tertiary/aromatic N) is 3. The lowest BCUT2D eigenvalue weighted by molar-refractivity contribution is -0.384. The molecule has 32 heavy (non-hydrogen) atoms. The van der Waals surface area contributed by atoms with E-state index in [4.69, 9.17) is 10.5 Å². The SMILES string of the molecule is N[C@H](COc1cncc(-c2cc3cn[nH]c3cc2[N+](=O)[O-])c1)Cc1c[nH]c2ccccc12. The zero-order valence-electron chi connectivity index (χ0n) is 17.0. The molecule has 160 valence electrons. The number of para-hydroxylation sites is 1. The lowest BCUT2D eigenvalue weighted by atomic mass is 10.0. The molecule has 0 fully saturated rings. The van der Waals surface area contributed by atoms with Crippen molar-refractivity contribution in [1.29, 1.82) is 0 Å². The lowest BCUT2D eigenvalue weighted by Gasteiger charge is -2.13. The quantitative estimate of drug-likeness (QED) is 0.265. The molecule has 0 aliphatic carbocycles. The second kappa shape index (κ2) is 8.12. The molecule has 0 aliphatic rings. The summed E-state index contributed by atoms with van der Waals surface area (Å²) in [6.07, 6.45) is 7.40. The Morgan fingerprint density at radius 2 is 2.00 bits per heavy atom. The molecular formula is C23H20N6O3. The molecule has 5 rings (SSSR count). The smallest absolute Gasteiger partial charge is 0.279 e. The highest BCUT2D eigenvalue weighted by atomic mass is 16.6. The number of nitrogens with one attached hydrogen (secondary N) is 2. The fourth-order valence-corrected chi connectivity index (χ4v) is 3.85. The van der Waals surface area contributed by atoms with Gasteiger partial charge < -0.3 is 15.5 Å². The van der Waals surface area contributed by atoms with Crippen LogP contribution in [0.4, 0.5) is 5.69 Å². The first-order chi connectivity index (χ1) is 15.6. The van der Waals surface area contributed by atoms with E-state index >= 15 is 0 Å². The number of ether oxygens (including phenoxy) is 1. The summed E-state index contributed by atoms with van der Waals surface area (Å²) in [6, 6.07) is 12.8. The highest BCUT2D eigenvalue weighted by molar-refractivity contribution is 5.89. The van der Waals surface area contributed by atoms with E-state index in [0.29, 0.717) is 28.8 Å². The molecule has 3 heterocycles. The van der Waals surface area contributed by atoms with Crippen molar-refractivity contribution >= 4 is 27.5 Å². The Hall–Kier alpha value is -4.24. The van der Waals surface area contributed by atoms with Crippen molar-refractivity contribution in [3.05, 3.63) is 82.9 Å². The van der Waals surface area contributed by atoms with Crippen molar-refractivity contribution in [2.75, 3.05) is 6.61 Å². The average Bonchev–Trinajstić information content (AvgIpc) is 3.44. The van der Waals surface area contributed by atoms with Gasteiger partial charge in [-0.15, -0.1) is 0 Å². The van der Waals surface area contributed by atoms with Crippen LogP contribution in [-0.2, 0) is 6.42 Å². The number of benzene rings is 2. The molecule has 0 aliphatic heterocycles. The molecule has 0 unspecified atom stereocenters. The Kier molecular flexibility index (Phi) is 5.00. The number of pyridine rings is 1. The van der Waals surface area contributed by atoms with Crippen molar-refractivity contribution in [3.8, 4) is 16.9 Å². The molecule has 0 bridgehead atoms. The number of fused-ring (bicyclic) bond motifs is 2. The molecule has 5 aromatic rings. The zero-order chi connectivity index (χ0) is 22.1. The van der Waals surface area contributed by atoms with Gasteiger partial charge in [-0.25, -0.2) is 0 Å². The minimum absolute atomic E-state index is 0.0308. The number of nitrogens with two attached hydrogens (primary N) is 1. The molecule has 4 N–H and O–H groups in total. The van der Waals surface area contributed by atoms with Gasteiger partial charge in [-0.1, -0.05) is 18.2 Å². The number of H-pyrrole nitrogens is 2. The van der Waals surface area contributed by atoms with Crippen molar-refractivity contribution in [1.82, 2.24) is 20.2 Å². The van der Waals surface area contributed by atoms with Gasteiger partial charge in [-0.3, -0.25) is 20.2 Å². The summed E-state index contributed by atoms with van der Waals surface area (Å²) in [4.78, 5) is 18.6. The fraction of sp³-hybridized carbons (Fsp3) is 0.130. The molecule has 2 aromatic carbocycles. The van der Waals surface area contributed by atoms with Gasteiger partial charge in [0.1, 0.15) is 12.4 Å². The molecule has 9 nitrogen and oxygen atoms in total. The van der Waals surface area contributed by atoms with Crippen LogP contribution >= 0.6 is 0 Å². The number of hydrogen-bond acceptors (Lipinski definition) is 6. The Labute approximate surface area is 182 Å². The van der Waals surface area contributed by atoms with Gasteiger partial charge in [0, 0.05) is 46.4 Å². The summed E-state index contributed by atoms with van der Waals surface area (Å²) in [5, 5.41) is 20.2. The summed E-state index contributed by atoms with van der Waals surface area (Å²) in [5.41, 5.74) is 10.1. The van der Waals surface area contributed by atoms with Gasteiger partial charge in [0.05, 0.1) is 28.4 Å². The van der Waals surface area contributed by atoms with Gasteiger partial charge in [0.2, 0.25) is 0 Å². The van der Waals surface area contributed by atoms with E-state index in [0.717, 1.165) is 21.9 Å². The monoisotopic (exact) mass is 428 g/mol. The van der Waals surface area contributed by atoms with Crippen LogP contribution in [0, 0.1) is 10.1 Å². The predicted octanol–water partition coefficient (Wildman–Crippen LogP) is 3.96. The van der Waals surface area contributed by atoms with Crippen molar-refractivity contribution in [2.24, 2.45) is 5.73 Å². The summed E-state index contributed by atoms with van der Waals surface area (Å²) < 4.78 is 5.88. The largest absolute Gasteiger partial charge is 0.490 e. The molecule has 0 saturated heterocycles. The van der Waals surface area contributed by atoms with Crippen molar-refractivity contribution < 1.29 is 9.66 Å². The van der Waals surface area contributed by atoms with Crippen LogP contribution in [0.3, 0.4) is 0 Å². The van der Waals surface area contributed by atoms with Crippen molar-refractivity contribution in [2.45, 2.75) is 12.5 Å². The van der Waals surface area contributed by atoms with Gasteiger partial charge in [-0.05, 0) is 30.2 Å². The number of nitro benzene ring substituents is 1. The van der Waals surface area contributed by atoms with E-state index in [9.17, 15) is 10.1 Å².